The second-order valence-electron chi connectivity index (χ2n) is 7.15. The number of aromatic nitrogens is 1. The van der Waals surface area contributed by atoms with Crippen molar-refractivity contribution in [1.29, 1.82) is 0 Å². The molecule has 0 spiro atoms. The Labute approximate surface area is 185 Å². The van der Waals surface area contributed by atoms with Crippen LogP contribution in [0.15, 0.2) is 97.3 Å². The van der Waals surface area contributed by atoms with E-state index in [2.05, 4.69) is 15.6 Å². The zero-order chi connectivity index (χ0) is 22.2. The van der Waals surface area contributed by atoms with Crippen molar-refractivity contribution < 1.29 is 13.9 Å². The first kappa shape index (κ1) is 21.1. The highest BCUT2D eigenvalue weighted by Crippen LogP contribution is 2.25. The summed E-state index contributed by atoms with van der Waals surface area (Å²) >= 11 is 0. The van der Waals surface area contributed by atoms with Crippen LogP contribution in [0.25, 0.3) is 11.1 Å². The van der Waals surface area contributed by atoms with Crippen molar-refractivity contribution in [2.45, 2.75) is 13.2 Å². The Bertz CT molecular complexity index is 1160. The fourth-order valence-corrected chi connectivity index (χ4v) is 3.21. The average Bonchev–Trinajstić information content (AvgIpc) is 2.84. The topological polar surface area (TPSA) is 63.2 Å². The van der Waals surface area contributed by atoms with Crippen molar-refractivity contribution >= 4 is 11.7 Å². The molecule has 4 rings (SSSR count). The second-order valence-corrected chi connectivity index (χ2v) is 7.15. The molecule has 2 N–H and O–H groups in total. The maximum absolute atomic E-state index is 13.2. The first-order chi connectivity index (χ1) is 15.7. The third-order valence-corrected chi connectivity index (χ3v) is 4.85. The molecule has 32 heavy (non-hydrogen) atoms. The fourth-order valence-electron chi connectivity index (χ4n) is 3.21. The van der Waals surface area contributed by atoms with Crippen LogP contribution in [0.4, 0.5) is 14.9 Å². The van der Waals surface area contributed by atoms with E-state index in [4.69, 9.17) is 4.74 Å². The number of carbonyl (C=O) groups is 1. The molecule has 6 heteroatoms. The first-order valence-electron chi connectivity index (χ1n) is 10.2. The number of halogens is 1. The van der Waals surface area contributed by atoms with Crippen molar-refractivity contribution in [2.75, 3.05) is 5.32 Å². The monoisotopic (exact) mass is 427 g/mol. The molecule has 0 saturated carbocycles. The molecule has 0 aliphatic heterocycles. The van der Waals surface area contributed by atoms with Crippen molar-refractivity contribution in [2.24, 2.45) is 0 Å². The first-order valence-corrected chi connectivity index (χ1v) is 10.2. The third-order valence-electron chi connectivity index (χ3n) is 4.85. The standard InChI is InChI=1S/C26H22FN3O2/c27-22-9-7-20(8-10-22)25-6-2-1-5-21(25)18-32-24-13-11-23(12-14-24)30-26(31)29-17-19-4-3-15-28-16-19/h1-16H,17-18H2,(H2,29,30,31). The fraction of sp³-hybridized carbons (Fsp3) is 0.0769. The normalized spacial score (nSPS) is 10.4. The highest BCUT2D eigenvalue weighted by atomic mass is 19.1. The van der Waals surface area contributed by atoms with Gasteiger partial charge in [0.25, 0.3) is 0 Å². The minimum atomic E-state index is -0.296. The molecule has 160 valence electrons. The van der Waals surface area contributed by atoms with Gasteiger partial charge in [-0.15, -0.1) is 0 Å². The number of amides is 2. The van der Waals surface area contributed by atoms with Crippen LogP contribution in [-0.2, 0) is 13.2 Å². The minimum Gasteiger partial charge on any atom is -0.489 e. The predicted octanol–water partition coefficient (Wildman–Crippen LogP) is 5.79. The molecule has 1 heterocycles. The van der Waals surface area contributed by atoms with Crippen molar-refractivity contribution in [3.8, 4) is 16.9 Å². The second kappa shape index (κ2) is 10.2. The maximum atomic E-state index is 13.2. The molecule has 3 aromatic carbocycles. The molecule has 0 unspecified atom stereocenters. The summed E-state index contributed by atoms with van der Waals surface area (Å²) in [7, 11) is 0. The van der Waals surface area contributed by atoms with E-state index in [1.54, 1.807) is 48.8 Å². The van der Waals surface area contributed by atoms with Gasteiger partial charge in [-0.3, -0.25) is 4.98 Å². The average molecular weight is 427 g/mol. The number of carbonyl (C=O) groups excluding carboxylic acids is 1. The number of pyridine rings is 1. The lowest BCUT2D eigenvalue weighted by molar-refractivity contribution is 0.251. The lowest BCUT2D eigenvalue weighted by atomic mass is 10.0. The molecular formula is C26H22FN3O2. The highest BCUT2D eigenvalue weighted by Gasteiger charge is 2.07. The molecule has 4 aromatic rings. The summed E-state index contributed by atoms with van der Waals surface area (Å²) in [6, 6.07) is 24.9. The summed E-state index contributed by atoms with van der Waals surface area (Å²) in [5.74, 6) is 0.419. The molecule has 0 radical (unpaired) electrons. The predicted molar refractivity (Wildman–Crippen MR) is 123 cm³/mol. The van der Waals surface area contributed by atoms with Gasteiger partial charge in [-0.05, 0) is 64.7 Å². The van der Waals surface area contributed by atoms with E-state index in [0.29, 0.717) is 24.6 Å². The Kier molecular flexibility index (Phi) is 6.72. The van der Waals surface area contributed by atoms with E-state index in [9.17, 15) is 9.18 Å². The van der Waals surface area contributed by atoms with Gasteiger partial charge in [0, 0.05) is 24.6 Å². The van der Waals surface area contributed by atoms with Crippen LogP contribution in [0.5, 0.6) is 5.75 Å². The Morgan fingerprint density at radius 2 is 1.69 bits per heavy atom. The van der Waals surface area contributed by atoms with Crippen LogP contribution < -0.4 is 15.4 Å². The van der Waals surface area contributed by atoms with Crippen LogP contribution in [0, 0.1) is 5.82 Å². The number of anilines is 1. The van der Waals surface area contributed by atoms with Crippen LogP contribution in [-0.4, -0.2) is 11.0 Å². The molecule has 2 amide bonds. The van der Waals surface area contributed by atoms with Gasteiger partial charge in [-0.2, -0.15) is 0 Å². The molecule has 0 bridgehead atoms. The molecule has 0 aliphatic rings. The van der Waals surface area contributed by atoms with E-state index < -0.39 is 0 Å². The van der Waals surface area contributed by atoms with E-state index >= 15 is 0 Å². The van der Waals surface area contributed by atoms with Crippen molar-refractivity contribution in [1.82, 2.24) is 10.3 Å². The summed E-state index contributed by atoms with van der Waals surface area (Å²) in [6.07, 6.45) is 3.40. The van der Waals surface area contributed by atoms with Gasteiger partial charge in [0.2, 0.25) is 0 Å². The van der Waals surface area contributed by atoms with E-state index in [1.165, 1.54) is 12.1 Å². The van der Waals surface area contributed by atoms with Gasteiger partial charge in [0.05, 0.1) is 0 Å². The third kappa shape index (κ3) is 5.70. The van der Waals surface area contributed by atoms with E-state index in [1.807, 2.05) is 36.4 Å². The van der Waals surface area contributed by atoms with E-state index in [-0.39, 0.29) is 11.8 Å². The number of nitrogens with zero attached hydrogens (tertiary/aromatic N) is 1. The van der Waals surface area contributed by atoms with Gasteiger partial charge in [0.1, 0.15) is 18.2 Å². The number of rotatable bonds is 7. The van der Waals surface area contributed by atoms with Crippen molar-refractivity contribution in [3.05, 3.63) is 114 Å². The van der Waals surface area contributed by atoms with Gasteiger partial charge in [0.15, 0.2) is 0 Å². The highest BCUT2D eigenvalue weighted by molar-refractivity contribution is 5.89. The summed E-state index contributed by atoms with van der Waals surface area (Å²) in [6.45, 7) is 0.764. The van der Waals surface area contributed by atoms with Crippen LogP contribution >= 0.6 is 0 Å². The summed E-state index contributed by atoms with van der Waals surface area (Å²) in [4.78, 5) is 16.1. The molecular weight excluding hydrogens is 405 g/mol. The molecule has 5 nitrogen and oxygen atoms in total. The largest absolute Gasteiger partial charge is 0.489 e. The van der Waals surface area contributed by atoms with E-state index in [0.717, 1.165) is 22.3 Å². The molecule has 0 fully saturated rings. The Morgan fingerprint density at radius 1 is 0.906 bits per heavy atom. The smallest absolute Gasteiger partial charge is 0.319 e. The summed E-state index contributed by atoms with van der Waals surface area (Å²) < 4.78 is 19.2. The quantitative estimate of drug-likeness (QED) is 0.392. The SMILES string of the molecule is O=C(NCc1cccnc1)Nc1ccc(OCc2ccccc2-c2ccc(F)cc2)cc1. The van der Waals surface area contributed by atoms with Gasteiger partial charge < -0.3 is 15.4 Å². The number of hydrogen-bond donors (Lipinski definition) is 2. The van der Waals surface area contributed by atoms with Crippen LogP contribution in [0.3, 0.4) is 0 Å². The van der Waals surface area contributed by atoms with Gasteiger partial charge >= 0.3 is 6.03 Å². The molecule has 0 saturated heterocycles. The molecule has 0 aliphatic carbocycles. The maximum Gasteiger partial charge on any atom is 0.319 e. The Morgan fingerprint density at radius 3 is 2.44 bits per heavy atom. The van der Waals surface area contributed by atoms with Crippen molar-refractivity contribution in [3.63, 3.8) is 0 Å². The summed E-state index contributed by atoms with van der Waals surface area (Å²) in [5, 5.41) is 5.58. The minimum absolute atomic E-state index is 0.262. The summed E-state index contributed by atoms with van der Waals surface area (Å²) in [5.41, 5.74) is 4.51. The Balaban J connectivity index is 1.33. The lowest BCUT2D eigenvalue weighted by Crippen LogP contribution is -2.28. The molecule has 0 atom stereocenters. The molecule has 1 aromatic heterocycles. The zero-order valence-electron chi connectivity index (χ0n) is 17.3. The van der Waals surface area contributed by atoms with Crippen LogP contribution in [0.2, 0.25) is 0 Å². The number of ether oxygens (including phenoxy) is 1. The number of nitrogens with one attached hydrogen (secondary N) is 2. The Hall–Kier alpha value is -4.19. The van der Waals surface area contributed by atoms with Gasteiger partial charge in [-0.1, -0.05) is 42.5 Å². The number of hydrogen-bond acceptors (Lipinski definition) is 3. The number of benzene rings is 3. The number of urea groups is 1. The van der Waals surface area contributed by atoms with Crippen LogP contribution in [0.1, 0.15) is 11.1 Å². The lowest BCUT2D eigenvalue weighted by Gasteiger charge is -2.12. The van der Waals surface area contributed by atoms with Gasteiger partial charge in [-0.25, -0.2) is 9.18 Å². The zero-order valence-corrected chi connectivity index (χ0v) is 17.3.